The number of rotatable bonds is 1. The third-order valence-corrected chi connectivity index (χ3v) is 4.02. The molecule has 0 heterocycles. The first-order chi connectivity index (χ1) is 7.91. The fourth-order valence-corrected chi connectivity index (χ4v) is 3.01. The van der Waals surface area contributed by atoms with Crippen LogP contribution in [0.3, 0.4) is 0 Å². The van der Waals surface area contributed by atoms with Crippen molar-refractivity contribution in [1.29, 1.82) is 0 Å². The maximum atomic E-state index is 11.5. The maximum Gasteiger partial charge on any atom is 0.252 e. The topological polar surface area (TPSA) is 17.1 Å². The molecule has 2 heteroatoms. The van der Waals surface area contributed by atoms with Crippen LogP contribution in [0.1, 0.15) is 53.7 Å². The average molecular weight is 251 g/mol. The van der Waals surface area contributed by atoms with Gasteiger partial charge in [-0.3, -0.25) is 4.79 Å². The molecule has 1 nitrogen and oxygen atoms in total. The Morgan fingerprint density at radius 2 is 2.00 bits per heavy atom. The van der Waals surface area contributed by atoms with Gasteiger partial charge in [0.05, 0.1) is 0 Å². The lowest BCUT2D eigenvalue weighted by atomic mass is 9.82. The molecule has 0 radical (unpaired) electrons. The van der Waals surface area contributed by atoms with Crippen LogP contribution in [0.15, 0.2) is 12.1 Å². The summed E-state index contributed by atoms with van der Waals surface area (Å²) in [6.07, 6.45) is 4.37. The Morgan fingerprint density at radius 1 is 1.29 bits per heavy atom. The largest absolute Gasteiger partial charge is 0.276 e. The third kappa shape index (κ3) is 2.55. The zero-order chi connectivity index (χ0) is 12.6. The Hall–Kier alpha value is -0.820. The molecule has 0 amide bonds. The van der Waals surface area contributed by atoms with Crippen molar-refractivity contribution in [3.63, 3.8) is 0 Å². The summed E-state index contributed by atoms with van der Waals surface area (Å²) in [7, 11) is 0. The maximum absolute atomic E-state index is 11.5. The van der Waals surface area contributed by atoms with Crippen molar-refractivity contribution in [1.82, 2.24) is 0 Å². The van der Waals surface area contributed by atoms with Gasteiger partial charge in [-0.15, -0.1) is 0 Å². The fraction of sp³-hybridized carbons (Fsp3) is 0.533. The van der Waals surface area contributed by atoms with Crippen molar-refractivity contribution in [2.45, 2.75) is 46.5 Å². The summed E-state index contributed by atoms with van der Waals surface area (Å²) in [4.78, 5) is 11.5. The highest BCUT2D eigenvalue weighted by atomic mass is 35.5. The standard InChI is InChI=1S/C15H19ClO/c1-10-6-7-12(14(16)17)11-5-4-8-15(2,3)9-13(10)11/h6-7H,4-5,8-9H2,1-3H3. The third-order valence-electron chi connectivity index (χ3n) is 3.81. The van der Waals surface area contributed by atoms with Crippen LogP contribution in [0.25, 0.3) is 0 Å². The monoisotopic (exact) mass is 250 g/mol. The van der Waals surface area contributed by atoms with E-state index in [1.165, 1.54) is 23.1 Å². The molecule has 1 aromatic carbocycles. The highest BCUT2D eigenvalue weighted by molar-refractivity contribution is 6.67. The highest BCUT2D eigenvalue weighted by Crippen LogP contribution is 2.36. The van der Waals surface area contributed by atoms with Gasteiger partial charge in [0.25, 0.3) is 5.24 Å². The van der Waals surface area contributed by atoms with Gasteiger partial charge in [-0.05, 0) is 72.4 Å². The lowest BCUT2D eigenvalue weighted by Crippen LogP contribution is -2.14. The minimum atomic E-state index is -0.319. The van der Waals surface area contributed by atoms with Gasteiger partial charge in [0.2, 0.25) is 0 Å². The molecule has 17 heavy (non-hydrogen) atoms. The van der Waals surface area contributed by atoms with E-state index in [9.17, 15) is 4.79 Å². The van der Waals surface area contributed by atoms with E-state index >= 15 is 0 Å². The fourth-order valence-electron chi connectivity index (χ4n) is 2.84. The molecule has 1 aliphatic rings. The van der Waals surface area contributed by atoms with Gasteiger partial charge in [0, 0.05) is 5.56 Å². The van der Waals surface area contributed by atoms with Gasteiger partial charge >= 0.3 is 0 Å². The van der Waals surface area contributed by atoms with Crippen LogP contribution in [-0.2, 0) is 12.8 Å². The van der Waals surface area contributed by atoms with Gasteiger partial charge in [0.1, 0.15) is 0 Å². The van der Waals surface area contributed by atoms with Crippen molar-refractivity contribution in [2.75, 3.05) is 0 Å². The molecule has 1 aromatic rings. The summed E-state index contributed by atoms with van der Waals surface area (Å²) in [5, 5.41) is -0.319. The number of carbonyl (C=O) groups is 1. The summed E-state index contributed by atoms with van der Waals surface area (Å²) >= 11 is 5.68. The number of fused-ring (bicyclic) bond motifs is 1. The summed E-state index contributed by atoms with van der Waals surface area (Å²) in [6.45, 7) is 6.73. The molecular formula is C15H19ClO. The molecule has 0 spiro atoms. The summed E-state index contributed by atoms with van der Waals surface area (Å²) in [5.74, 6) is 0. The predicted molar refractivity (Wildman–Crippen MR) is 71.8 cm³/mol. The SMILES string of the molecule is Cc1ccc(C(=O)Cl)c2c1CC(C)(C)CCC2. The van der Waals surface area contributed by atoms with E-state index in [1.807, 2.05) is 12.1 Å². The van der Waals surface area contributed by atoms with Crippen molar-refractivity contribution < 1.29 is 4.79 Å². The minimum Gasteiger partial charge on any atom is -0.276 e. The lowest BCUT2D eigenvalue weighted by molar-refractivity contribution is 0.108. The van der Waals surface area contributed by atoms with Gasteiger partial charge in [-0.1, -0.05) is 19.9 Å². The predicted octanol–water partition coefficient (Wildman–Crippen LogP) is 4.28. The van der Waals surface area contributed by atoms with Crippen LogP contribution >= 0.6 is 11.6 Å². The van der Waals surface area contributed by atoms with Crippen molar-refractivity contribution in [3.8, 4) is 0 Å². The van der Waals surface area contributed by atoms with Gasteiger partial charge < -0.3 is 0 Å². The van der Waals surface area contributed by atoms with Crippen molar-refractivity contribution in [3.05, 3.63) is 34.4 Å². The molecule has 0 bridgehead atoms. The molecular weight excluding hydrogens is 232 g/mol. The molecule has 0 saturated heterocycles. The van der Waals surface area contributed by atoms with Gasteiger partial charge in [-0.25, -0.2) is 0 Å². The van der Waals surface area contributed by atoms with Crippen LogP contribution in [-0.4, -0.2) is 5.24 Å². The molecule has 0 saturated carbocycles. The average Bonchev–Trinajstić information content (AvgIpc) is 2.37. The Bertz CT molecular complexity index is 460. The van der Waals surface area contributed by atoms with E-state index in [-0.39, 0.29) is 5.24 Å². The molecule has 0 aromatic heterocycles. The highest BCUT2D eigenvalue weighted by Gasteiger charge is 2.26. The van der Waals surface area contributed by atoms with Crippen molar-refractivity contribution in [2.24, 2.45) is 5.41 Å². The van der Waals surface area contributed by atoms with E-state index in [0.29, 0.717) is 11.0 Å². The first kappa shape index (κ1) is 12.6. The van der Waals surface area contributed by atoms with Crippen molar-refractivity contribution >= 4 is 16.8 Å². The summed E-state index contributed by atoms with van der Waals surface area (Å²) in [6, 6.07) is 3.90. The summed E-state index contributed by atoms with van der Waals surface area (Å²) in [5.41, 5.74) is 4.86. The van der Waals surface area contributed by atoms with E-state index < -0.39 is 0 Å². The second kappa shape index (κ2) is 4.45. The molecule has 2 rings (SSSR count). The molecule has 0 unspecified atom stereocenters. The number of hydrogen-bond donors (Lipinski definition) is 0. The van der Waals surface area contributed by atoms with Gasteiger partial charge in [-0.2, -0.15) is 0 Å². The first-order valence-corrected chi connectivity index (χ1v) is 6.60. The molecule has 92 valence electrons. The van der Waals surface area contributed by atoms with E-state index in [1.54, 1.807) is 0 Å². The van der Waals surface area contributed by atoms with Crippen LogP contribution < -0.4 is 0 Å². The number of carbonyl (C=O) groups excluding carboxylic acids is 1. The molecule has 0 N–H and O–H groups in total. The molecule has 0 fully saturated rings. The van der Waals surface area contributed by atoms with E-state index in [4.69, 9.17) is 11.6 Å². The molecule has 1 aliphatic carbocycles. The Balaban J connectivity index is 2.57. The zero-order valence-electron chi connectivity index (χ0n) is 10.8. The van der Waals surface area contributed by atoms with E-state index in [0.717, 1.165) is 19.3 Å². The van der Waals surface area contributed by atoms with Crippen LogP contribution in [0.5, 0.6) is 0 Å². The lowest BCUT2D eigenvalue weighted by Gasteiger charge is -2.23. The number of benzene rings is 1. The molecule has 0 aliphatic heterocycles. The van der Waals surface area contributed by atoms with Crippen LogP contribution in [0.4, 0.5) is 0 Å². The van der Waals surface area contributed by atoms with Crippen LogP contribution in [0.2, 0.25) is 0 Å². The Morgan fingerprint density at radius 3 is 2.65 bits per heavy atom. The minimum absolute atomic E-state index is 0.319. The first-order valence-electron chi connectivity index (χ1n) is 6.22. The summed E-state index contributed by atoms with van der Waals surface area (Å²) < 4.78 is 0. The van der Waals surface area contributed by atoms with Gasteiger partial charge in [0.15, 0.2) is 0 Å². The second-order valence-corrected chi connectivity index (χ2v) is 6.20. The number of aryl methyl sites for hydroxylation is 1. The van der Waals surface area contributed by atoms with E-state index in [2.05, 4.69) is 20.8 Å². The van der Waals surface area contributed by atoms with Crippen LogP contribution in [0, 0.1) is 12.3 Å². The zero-order valence-corrected chi connectivity index (χ0v) is 11.5. The Labute approximate surface area is 108 Å². The normalized spacial score (nSPS) is 18.4. The smallest absolute Gasteiger partial charge is 0.252 e. The number of hydrogen-bond acceptors (Lipinski definition) is 1. The quantitative estimate of drug-likeness (QED) is 0.537. The molecule has 0 atom stereocenters. The number of halogens is 1. The second-order valence-electron chi connectivity index (χ2n) is 5.86. The Kier molecular flexibility index (Phi) is 3.31.